The van der Waals surface area contributed by atoms with Gasteiger partial charge in [0.25, 0.3) is 0 Å². The second kappa shape index (κ2) is 6.90. The summed E-state index contributed by atoms with van der Waals surface area (Å²) in [5.74, 6) is 0.712. The standard InChI is InChI=1S/C16H26FNO/c1-11(2)9-18(10-12(3)4)16-7-6-14(13(5)19)8-15(16)17/h6-8,11-13,19H,9-10H2,1-5H3/t13-/m0/s1. The Kier molecular flexibility index (Phi) is 5.80. The highest BCUT2D eigenvalue weighted by molar-refractivity contribution is 5.49. The number of anilines is 1. The molecule has 3 heteroatoms. The van der Waals surface area contributed by atoms with Gasteiger partial charge in [0.15, 0.2) is 0 Å². The molecule has 1 aromatic rings. The van der Waals surface area contributed by atoms with E-state index >= 15 is 0 Å². The monoisotopic (exact) mass is 267 g/mol. The average molecular weight is 267 g/mol. The quantitative estimate of drug-likeness (QED) is 0.842. The first kappa shape index (κ1) is 16.0. The number of benzene rings is 1. The summed E-state index contributed by atoms with van der Waals surface area (Å²) in [6.07, 6.45) is -0.632. The van der Waals surface area contributed by atoms with Gasteiger partial charge in [-0.05, 0) is 36.5 Å². The third-order valence-corrected chi connectivity index (χ3v) is 2.97. The molecule has 0 aromatic heterocycles. The van der Waals surface area contributed by atoms with E-state index in [1.807, 2.05) is 0 Å². The van der Waals surface area contributed by atoms with Gasteiger partial charge in [0, 0.05) is 13.1 Å². The van der Waals surface area contributed by atoms with Crippen molar-refractivity contribution < 1.29 is 9.50 Å². The van der Waals surface area contributed by atoms with Crippen LogP contribution in [0.15, 0.2) is 18.2 Å². The molecule has 0 heterocycles. The maximum Gasteiger partial charge on any atom is 0.146 e. The van der Waals surface area contributed by atoms with Crippen molar-refractivity contribution in [3.8, 4) is 0 Å². The van der Waals surface area contributed by atoms with E-state index in [1.54, 1.807) is 19.1 Å². The van der Waals surface area contributed by atoms with Crippen LogP contribution in [0.2, 0.25) is 0 Å². The first-order valence-electron chi connectivity index (χ1n) is 7.03. The lowest BCUT2D eigenvalue weighted by Gasteiger charge is -2.29. The number of aliphatic hydroxyl groups excluding tert-OH is 1. The predicted molar refractivity (Wildman–Crippen MR) is 78.9 cm³/mol. The van der Waals surface area contributed by atoms with Gasteiger partial charge in [-0.3, -0.25) is 0 Å². The van der Waals surface area contributed by atoms with Crippen molar-refractivity contribution in [3.63, 3.8) is 0 Å². The van der Waals surface area contributed by atoms with Crippen LogP contribution >= 0.6 is 0 Å². The van der Waals surface area contributed by atoms with E-state index in [9.17, 15) is 9.50 Å². The lowest BCUT2D eigenvalue weighted by atomic mass is 10.1. The lowest BCUT2D eigenvalue weighted by molar-refractivity contribution is 0.199. The Morgan fingerprint density at radius 2 is 1.58 bits per heavy atom. The van der Waals surface area contributed by atoms with Gasteiger partial charge in [0.05, 0.1) is 11.8 Å². The lowest BCUT2D eigenvalue weighted by Crippen LogP contribution is -2.32. The van der Waals surface area contributed by atoms with Gasteiger partial charge >= 0.3 is 0 Å². The van der Waals surface area contributed by atoms with Crippen molar-refractivity contribution in [2.75, 3.05) is 18.0 Å². The van der Waals surface area contributed by atoms with Gasteiger partial charge in [-0.15, -0.1) is 0 Å². The van der Waals surface area contributed by atoms with E-state index in [2.05, 4.69) is 32.6 Å². The maximum atomic E-state index is 14.2. The van der Waals surface area contributed by atoms with Crippen LogP contribution in [0.4, 0.5) is 10.1 Å². The Balaban J connectivity index is 3.01. The fraction of sp³-hybridized carbons (Fsp3) is 0.625. The second-order valence-electron chi connectivity index (χ2n) is 6.08. The summed E-state index contributed by atoms with van der Waals surface area (Å²) in [6, 6.07) is 5.02. The number of halogens is 1. The Bertz CT molecular complexity index is 392. The minimum absolute atomic E-state index is 0.250. The Morgan fingerprint density at radius 3 is 1.95 bits per heavy atom. The maximum absolute atomic E-state index is 14.2. The summed E-state index contributed by atoms with van der Waals surface area (Å²) in [5.41, 5.74) is 1.25. The fourth-order valence-corrected chi connectivity index (χ4v) is 2.19. The van der Waals surface area contributed by atoms with E-state index in [1.165, 1.54) is 6.07 Å². The van der Waals surface area contributed by atoms with Crippen molar-refractivity contribution in [2.24, 2.45) is 11.8 Å². The molecule has 1 atom stereocenters. The average Bonchev–Trinajstić information content (AvgIpc) is 2.26. The zero-order chi connectivity index (χ0) is 14.6. The van der Waals surface area contributed by atoms with Gasteiger partial charge in [-0.1, -0.05) is 33.8 Å². The van der Waals surface area contributed by atoms with Crippen molar-refractivity contribution in [2.45, 2.75) is 40.7 Å². The molecular weight excluding hydrogens is 241 g/mol. The summed E-state index contributed by atoms with van der Waals surface area (Å²) in [5, 5.41) is 9.49. The number of hydrogen-bond acceptors (Lipinski definition) is 2. The van der Waals surface area contributed by atoms with E-state index < -0.39 is 6.10 Å². The van der Waals surface area contributed by atoms with Crippen LogP contribution in [0, 0.1) is 17.7 Å². The van der Waals surface area contributed by atoms with Crippen molar-refractivity contribution >= 4 is 5.69 Å². The van der Waals surface area contributed by atoms with Crippen LogP contribution in [0.3, 0.4) is 0 Å². The van der Waals surface area contributed by atoms with Crippen LogP contribution in [0.5, 0.6) is 0 Å². The van der Waals surface area contributed by atoms with Crippen LogP contribution in [-0.4, -0.2) is 18.2 Å². The summed E-state index contributed by atoms with van der Waals surface area (Å²) in [4.78, 5) is 2.09. The van der Waals surface area contributed by atoms with Crippen molar-refractivity contribution in [1.29, 1.82) is 0 Å². The second-order valence-corrected chi connectivity index (χ2v) is 6.08. The smallest absolute Gasteiger partial charge is 0.146 e. The van der Waals surface area contributed by atoms with E-state index in [4.69, 9.17) is 0 Å². The summed E-state index contributed by atoms with van der Waals surface area (Å²) >= 11 is 0. The Morgan fingerprint density at radius 1 is 1.05 bits per heavy atom. The van der Waals surface area contributed by atoms with Crippen LogP contribution in [-0.2, 0) is 0 Å². The summed E-state index contributed by atoms with van der Waals surface area (Å²) in [7, 11) is 0. The molecule has 0 fully saturated rings. The molecule has 0 amide bonds. The van der Waals surface area contributed by atoms with Crippen LogP contribution in [0.1, 0.15) is 46.3 Å². The first-order valence-corrected chi connectivity index (χ1v) is 7.03. The van der Waals surface area contributed by atoms with Gasteiger partial charge in [0.1, 0.15) is 5.82 Å². The topological polar surface area (TPSA) is 23.5 Å². The Hall–Kier alpha value is -1.09. The Labute approximate surface area is 116 Å². The molecule has 0 saturated carbocycles. The molecule has 0 saturated heterocycles. The fourth-order valence-electron chi connectivity index (χ4n) is 2.19. The van der Waals surface area contributed by atoms with Crippen LogP contribution < -0.4 is 4.90 Å². The van der Waals surface area contributed by atoms with Crippen molar-refractivity contribution in [3.05, 3.63) is 29.6 Å². The minimum atomic E-state index is -0.632. The van der Waals surface area contributed by atoms with Gasteiger partial charge in [0.2, 0.25) is 0 Å². The number of rotatable bonds is 6. The summed E-state index contributed by atoms with van der Waals surface area (Å²) in [6.45, 7) is 11.9. The molecule has 1 rings (SSSR count). The summed E-state index contributed by atoms with van der Waals surface area (Å²) < 4.78 is 14.2. The minimum Gasteiger partial charge on any atom is -0.389 e. The number of nitrogens with zero attached hydrogens (tertiary/aromatic N) is 1. The number of hydrogen-bond donors (Lipinski definition) is 1. The van der Waals surface area contributed by atoms with Gasteiger partial charge < -0.3 is 10.0 Å². The van der Waals surface area contributed by atoms with Gasteiger partial charge in [-0.25, -0.2) is 4.39 Å². The molecule has 0 aliphatic heterocycles. The zero-order valence-electron chi connectivity index (χ0n) is 12.7. The zero-order valence-corrected chi connectivity index (χ0v) is 12.7. The third kappa shape index (κ3) is 4.83. The molecule has 0 aliphatic carbocycles. The highest BCUT2D eigenvalue weighted by Crippen LogP contribution is 2.25. The largest absolute Gasteiger partial charge is 0.389 e. The van der Waals surface area contributed by atoms with Crippen LogP contribution in [0.25, 0.3) is 0 Å². The predicted octanol–water partition coefficient (Wildman–Crippen LogP) is 4.00. The molecule has 1 N–H and O–H groups in total. The molecular formula is C16H26FNO. The number of aliphatic hydroxyl groups is 1. The molecule has 0 radical (unpaired) electrons. The molecule has 0 aliphatic rings. The molecule has 0 spiro atoms. The molecule has 2 nitrogen and oxygen atoms in total. The first-order chi connectivity index (χ1) is 8.81. The molecule has 1 aromatic carbocycles. The molecule has 0 unspecified atom stereocenters. The molecule has 108 valence electrons. The van der Waals surface area contributed by atoms with Crippen molar-refractivity contribution in [1.82, 2.24) is 0 Å². The normalized spacial score (nSPS) is 13.1. The van der Waals surface area contributed by atoms with E-state index in [0.717, 1.165) is 13.1 Å². The highest BCUT2D eigenvalue weighted by atomic mass is 19.1. The van der Waals surface area contributed by atoms with Gasteiger partial charge in [-0.2, -0.15) is 0 Å². The van der Waals surface area contributed by atoms with E-state index in [-0.39, 0.29) is 5.82 Å². The highest BCUT2D eigenvalue weighted by Gasteiger charge is 2.15. The molecule has 19 heavy (non-hydrogen) atoms. The third-order valence-electron chi connectivity index (χ3n) is 2.97. The molecule has 0 bridgehead atoms. The SMILES string of the molecule is CC(C)CN(CC(C)C)c1ccc([C@H](C)O)cc1F. The van der Waals surface area contributed by atoms with E-state index in [0.29, 0.717) is 23.1 Å².